The maximum Gasteiger partial charge on any atom is 0.143 e. The van der Waals surface area contributed by atoms with E-state index in [0.717, 1.165) is 37.9 Å². The third-order valence-corrected chi connectivity index (χ3v) is 4.79. The molecule has 2 nitrogen and oxygen atoms in total. The highest BCUT2D eigenvalue weighted by Gasteiger charge is 2.36. The Kier molecular flexibility index (Phi) is 4.74. The van der Waals surface area contributed by atoms with Crippen molar-refractivity contribution in [2.45, 2.75) is 32.6 Å². The maximum atomic E-state index is 13.2. The minimum Gasteiger partial charge on any atom is -0.317 e. The first-order valence-corrected chi connectivity index (χ1v) is 7.55. The van der Waals surface area contributed by atoms with Crippen molar-refractivity contribution in [3.63, 3.8) is 0 Å². The van der Waals surface area contributed by atoms with E-state index in [9.17, 15) is 9.18 Å². The molecule has 0 aromatic heterocycles. The number of carbonyl (C=O) groups excluding carboxylic acids is 1. The molecule has 0 unspecified atom stereocenters. The Morgan fingerprint density at radius 3 is 2.68 bits per heavy atom. The molecule has 1 aliphatic heterocycles. The Hall–Kier alpha value is -0.740. The quantitative estimate of drug-likeness (QED) is 0.917. The number of carbonyl (C=O) groups is 1. The lowest BCUT2D eigenvalue weighted by Gasteiger charge is -2.35. The van der Waals surface area contributed by atoms with Crippen LogP contribution in [0, 0.1) is 11.2 Å². The minimum atomic E-state index is -0.289. The fourth-order valence-corrected chi connectivity index (χ4v) is 3.18. The van der Waals surface area contributed by atoms with Crippen LogP contribution < -0.4 is 5.32 Å². The molecule has 1 heterocycles. The normalized spacial score (nSPS) is 18.3. The fraction of sp³-hybridized carbons (Fsp3) is 0.533. The van der Waals surface area contributed by atoms with Gasteiger partial charge in [0, 0.05) is 11.8 Å². The monoisotopic (exact) mass is 327 g/mol. The number of nitrogens with one attached hydrogen (secondary N) is 1. The van der Waals surface area contributed by atoms with Crippen molar-refractivity contribution in [1.82, 2.24) is 5.32 Å². The molecule has 0 saturated carbocycles. The van der Waals surface area contributed by atoms with Gasteiger partial charge in [-0.05, 0) is 66.0 Å². The molecule has 1 N–H and O–H groups in total. The second-order valence-corrected chi connectivity index (χ2v) is 6.09. The average molecular weight is 328 g/mol. The predicted molar refractivity (Wildman–Crippen MR) is 77.6 cm³/mol. The summed E-state index contributed by atoms with van der Waals surface area (Å²) in [5.41, 5.74) is 0.691. The van der Waals surface area contributed by atoms with E-state index < -0.39 is 0 Å². The maximum absolute atomic E-state index is 13.2. The zero-order valence-electron chi connectivity index (χ0n) is 11.1. The van der Waals surface area contributed by atoms with E-state index >= 15 is 0 Å². The summed E-state index contributed by atoms with van der Waals surface area (Å²) in [5.74, 6) is -0.00159. The summed E-state index contributed by atoms with van der Waals surface area (Å²) in [4.78, 5) is 12.6. The number of benzene rings is 1. The van der Waals surface area contributed by atoms with E-state index in [0.29, 0.717) is 10.9 Å². The Labute approximate surface area is 121 Å². The van der Waals surface area contributed by atoms with Gasteiger partial charge in [0.15, 0.2) is 0 Å². The molecule has 0 aliphatic carbocycles. The van der Waals surface area contributed by atoms with Gasteiger partial charge in [0.05, 0.1) is 4.47 Å². The van der Waals surface area contributed by atoms with Crippen LogP contribution in [0.2, 0.25) is 0 Å². The second kappa shape index (κ2) is 6.14. The van der Waals surface area contributed by atoms with Crippen LogP contribution in [-0.4, -0.2) is 18.9 Å². The molecule has 0 spiro atoms. The molecule has 2 rings (SSSR count). The molecule has 0 radical (unpaired) electrons. The zero-order valence-corrected chi connectivity index (χ0v) is 12.7. The van der Waals surface area contributed by atoms with Gasteiger partial charge in [0.1, 0.15) is 11.6 Å². The van der Waals surface area contributed by atoms with Gasteiger partial charge in [-0.2, -0.15) is 0 Å². The lowest BCUT2D eigenvalue weighted by atomic mass is 9.72. The van der Waals surface area contributed by atoms with Gasteiger partial charge in [-0.3, -0.25) is 4.79 Å². The SMILES string of the molecule is CCC1(C(=O)Cc2ccc(F)c(Br)c2)CCNCC1. The molecular formula is C15H19BrFNO. The van der Waals surface area contributed by atoms with Crippen molar-refractivity contribution < 1.29 is 9.18 Å². The van der Waals surface area contributed by atoms with Gasteiger partial charge in [-0.25, -0.2) is 4.39 Å². The number of hydrogen-bond donors (Lipinski definition) is 1. The van der Waals surface area contributed by atoms with Gasteiger partial charge < -0.3 is 5.32 Å². The van der Waals surface area contributed by atoms with Crippen molar-refractivity contribution in [3.05, 3.63) is 34.1 Å². The molecule has 19 heavy (non-hydrogen) atoms. The number of rotatable bonds is 4. The van der Waals surface area contributed by atoms with Crippen LogP contribution in [0.5, 0.6) is 0 Å². The van der Waals surface area contributed by atoms with E-state index in [4.69, 9.17) is 0 Å². The van der Waals surface area contributed by atoms with Gasteiger partial charge in [0.25, 0.3) is 0 Å². The lowest BCUT2D eigenvalue weighted by Crippen LogP contribution is -2.42. The Morgan fingerprint density at radius 1 is 1.42 bits per heavy atom. The first-order valence-electron chi connectivity index (χ1n) is 6.75. The molecule has 4 heteroatoms. The first kappa shape index (κ1) is 14.7. The van der Waals surface area contributed by atoms with Crippen LogP contribution in [0.25, 0.3) is 0 Å². The van der Waals surface area contributed by atoms with Gasteiger partial charge in [0.2, 0.25) is 0 Å². The summed E-state index contributed by atoms with van der Waals surface area (Å²) < 4.78 is 13.6. The standard InChI is InChI=1S/C15H19BrFNO/c1-2-15(5-7-18-8-6-15)14(19)10-11-3-4-13(17)12(16)9-11/h3-4,9,18H,2,5-8,10H2,1H3. The minimum absolute atomic E-state index is 0.188. The molecule has 1 aromatic carbocycles. The summed E-state index contributed by atoms with van der Waals surface area (Å²) in [6, 6.07) is 4.81. The third kappa shape index (κ3) is 3.23. The molecule has 0 amide bonds. The smallest absolute Gasteiger partial charge is 0.143 e. The number of ketones is 1. The van der Waals surface area contributed by atoms with Gasteiger partial charge in [-0.1, -0.05) is 13.0 Å². The van der Waals surface area contributed by atoms with E-state index in [-0.39, 0.29) is 17.0 Å². The van der Waals surface area contributed by atoms with Crippen molar-refractivity contribution in [3.8, 4) is 0 Å². The third-order valence-electron chi connectivity index (χ3n) is 4.18. The van der Waals surface area contributed by atoms with Crippen LogP contribution in [0.15, 0.2) is 22.7 Å². The Balaban J connectivity index is 2.12. The molecule has 1 aromatic rings. The Bertz CT molecular complexity index is 469. The molecule has 1 aliphatic rings. The van der Waals surface area contributed by atoms with E-state index in [2.05, 4.69) is 28.2 Å². The number of halogens is 2. The number of piperidine rings is 1. The number of Topliss-reactive ketones (excluding diaryl/α,β-unsaturated/α-hetero) is 1. The van der Waals surface area contributed by atoms with Crippen molar-refractivity contribution in [2.75, 3.05) is 13.1 Å². The highest BCUT2D eigenvalue weighted by Crippen LogP contribution is 2.34. The first-order chi connectivity index (χ1) is 9.07. The van der Waals surface area contributed by atoms with Crippen LogP contribution in [-0.2, 0) is 11.2 Å². The van der Waals surface area contributed by atoms with Gasteiger partial charge >= 0.3 is 0 Å². The summed E-state index contributed by atoms with van der Waals surface area (Å²) >= 11 is 3.17. The summed E-state index contributed by atoms with van der Waals surface area (Å²) in [5, 5.41) is 3.30. The molecule has 0 atom stereocenters. The largest absolute Gasteiger partial charge is 0.317 e. The zero-order chi connectivity index (χ0) is 13.9. The number of hydrogen-bond acceptors (Lipinski definition) is 2. The van der Waals surface area contributed by atoms with Crippen molar-refractivity contribution in [1.29, 1.82) is 0 Å². The van der Waals surface area contributed by atoms with Crippen molar-refractivity contribution in [2.24, 2.45) is 5.41 Å². The summed E-state index contributed by atoms with van der Waals surface area (Å²) in [6.45, 7) is 3.91. The molecule has 0 bridgehead atoms. The average Bonchev–Trinajstić information content (AvgIpc) is 2.43. The Morgan fingerprint density at radius 2 is 2.11 bits per heavy atom. The molecular weight excluding hydrogens is 309 g/mol. The van der Waals surface area contributed by atoms with Crippen LogP contribution in [0.4, 0.5) is 4.39 Å². The van der Waals surface area contributed by atoms with Crippen LogP contribution in [0.3, 0.4) is 0 Å². The summed E-state index contributed by atoms with van der Waals surface area (Å²) in [6.07, 6.45) is 3.10. The molecule has 104 valence electrons. The van der Waals surface area contributed by atoms with E-state index in [1.54, 1.807) is 12.1 Å². The van der Waals surface area contributed by atoms with Crippen LogP contribution in [0.1, 0.15) is 31.7 Å². The molecule has 1 saturated heterocycles. The lowest BCUT2D eigenvalue weighted by molar-refractivity contribution is -0.129. The van der Waals surface area contributed by atoms with Crippen molar-refractivity contribution >= 4 is 21.7 Å². The predicted octanol–water partition coefficient (Wildman–Crippen LogP) is 3.48. The van der Waals surface area contributed by atoms with E-state index in [1.807, 2.05) is 0 Å². The topological polar surface area (TPSA) is 29.1 Å². The highest BCUT2D eigenvalue weighted by molar-refractivity contribution is 9.10. The summed E-state index contributed by atoms with van der Waals surface area (Å²) in [7, 11) is 0. The van der Waals surface area contributed by atoms with Crippen LogP contribution >= 0.6 is 15.9 Å². The van der Waals surface area contributed by atoms with Gasteiger partial charge in [-0.15, -0.1) is 0 Å². The second-order valence-electron chi connectivity index (χ2n) is 5.23. The fourth-order valence-electron chi connectivity index (χ4n) is 2.76. The molecule has 1 fully saturated rings. The van der Waals surface area contributed by atoms with E-state index in [1.165, 1.54) is 6.07 Å². The highest BCUT2D eigenvalue weighted by atomic mass is 79.9.